The van der Waals surface area contributed by atoms with Crippen LogP contribution in [-0.2, 0) is 16.0 Å². The number of amides is 1. The van der Waals surface area contributed by atoms with Crippen LogP contribution in [0.3, 0.4) is 0 Å². The number of carboxylic acids is 1. The van der Waals surface area contributed by atoms with Crippen molar-refractivity contribution in [2.45, 2.75) is 38.3 Å². The van der Waals surface area contributed by atoms with Crippen LogP contribution in [0, 0.1) is 0 Å². The molecule has 0 bridgehead atoms. The summed E-state index contributed by atoms with van der Waals surface area (Å²) in [6.07, 6.45) is 2.73. The number of anilines is 1. The Balaban J connectivity index is 0.00000243. The Labute approximate surface area is 161 Å². The number of carboxylic acid groups (broad SMARTS) is 1. The molecule has 2 heterocycles. The molecule has 0 radical (unpaired) electrons. The van der Waals surface area contributed by atoms with Crippen molar-refractivity contribution >= 4 is 30.0 Å². The number of carbonyl (C=O) groups excluding carboxylic acids is 1. The van der Waals surface area contributed by atoms with Crippen molar-refractivity contribution in [1.82, 2.24) is 9.80 Å². The summed E-state index contributed by atoms with van der Waals surface area (Å²) in [5.41, 5.74) is 2.30. The molecule has 1 amide bonds. The van der Waals surface area contributed by atoms with E-state index in [4.69, 9.17) is 5.11 Å². The fraction of sp³-hybridized carbons (Fsp3) is 0.579. The number of rotatable bonds is 5. The number of para-hydroxylation sites is 1. The van der Waals surface area contributed by atoms with E-state index in [1.54, 1.807) is 0 Å². The molecule has 2 aliphatic rings. The number of likely N-dealkylation sites (tertiary alicyclic amines) is 1. The van der Waals surface area contributed by atoms with Gasteiger partial charge in [-0.2, -0.15) is 0 Å². The maximum Gasteiger partial charge on any atom is 0.317 e. The van der Waals surface area contributed by atoms with Gasteiger partial charge in [-0.25, -0.2) is 0 Å². The molecule has 1 aromatic rings. The Bertz CT molecular complexity index is 647. The normalized spacial score (nSPS) is 19.1. The number of halogens is 1. The lowest BCUT2D eigenvalue weighted by molar-refractivity contribution is -0.138. The molecule has 1 fully saturated rings. The van der Waals surface area contributed by atoms with E-state index >= 15 is 0 Å². The molecule has 1 saturated heterocycles. The van der Waals surface area contributed by atoms with Gasteiger partial charge in [0.1, 0.15) is 0 Å². The van der Waals surface area contributed by atoms with E-state index in [1.165, 1.54) is 5.56 Å². The topological polar surface area (TPSA) is 64.1 Å². The molecule has 144 valence electrons. The molecule has 7 heteroatoms. The largest absolute Gasteiger partial charge is 0.480 e. The monoisotopic (exact) mass is 381 g/mol. The van der Waals surface area contributed by atoms with E-state index in [9.17, 15) is 9.59 Å². The number of fused-ring (bicyclic) bond motifs is 1. The third-order valence-corrected chi connectivity index (χ3v) is 5.57. The second kappa shape index (κ2) is 8.84. The SMILES string of the molecule is CC(C(=O)N1CCc2ccccc21)N1CCC(N(C)CC(=O)O)CC1.Cl. The molecule has 1 atom stereocenters. The van der Waals surface area contributed by atoms with Crippen LogP contribution in [0.25, 0.3) is 0 Å². The average molecular weight is 382 g/mol. The van der Waals surface area contributed by atoms with Crippen LogP contribution in [0.15, 0.2) is 24.3 Å². The van der Waals surface area contributed by atoms with Crippen LogP contribution in [0.2, 0.25) is 0 Å². The van der Waals surface area contributed by atoms with E-state index in [0.717, 1.165) is 44.6 Å². The standard InChI is InChI=1S/C19H27N3O3.ClH/c1-14(19(25)22-12-7-15-5-3-4-6-17(15)22)21-10-8-16(9-11-21)20(2)13-18(23)24;/h3-6,14,16H,7-13H2,1-2H3,(H,23,24);1H. The van der Waals surface area contributed by atoms with Crippen molar-refractivity contribution in [3.8, 4) is 0 Å². The Morgan fingerprint density at radius 3 is 2.54 bits per heavy atom. The number of hydrogen-bond acceptors (Lipinski definition) is 4. The summed E-state index contributed by atoms with van der Waals surface area (Å²) in [5, 5.41) is 8.93. The number of likely N-dealkylation sites (N-methyl/N-ethyl adjacent to an activating group) is 1. The molecule has 1 unspecified atom stereocenters. The molecule has 2 aliphatic heterocycles. The predicted octanol–water partition coefficient (Wildman–Crippen LogP) is 1.87. The summed E-state index contributed by atoms with van der Waals surface area (Å²) >= 11 is 0. The van der Waals surface area contributed by atoms with E-state index < -0.39 is 5.97 Å². The summed E-state index contributed by atoms with van der Waals surface area (Å²) in [6.45, 7) is 4.49. The zero-order valence-electron chi connectivity index (χ0n) is 15.4. The number of hydrogen-bond donors (Lipinski definition) is 1. The van der Waals surface area contributed by atoms with Crippen LogP contribution >= 0.6 is 12.4 Å². The molecule has 3 rings (SSSR count). The molecular formula is C19H28ClN3O3. The van der Waals surface area contributed by atoms with Crippen LogP contribution in [0.1, 0.15) is 25.3 Å². The Kier molecular flexibility index (Phi) is 7.03. The first kappa shape index (κ1) is 20.7. The van der Waals surface area contributed by atoms with Crippen LogP contribution in [-0.4, -0.2) is 72.1 Å². The van der Waals surface area contributed by atoms with Gasteiger partial charge in [-0.3, -0.25) is 19.4 Å². The first-order valence-corrected chi connectivity index (χ1v) is 9.02. The molecule has 6 nitrogen and oxygen atoms in total. The summed E-state index contributed by atoms with van der Waals surface area (Å²) in [7, 11) is 1.87. The van der Waals surface area contributed by atoms with Crippen LogP contribution in [0.4, 0.5) is 5.69 Å². The van der Waals surface area contributed by atoms with Crippen molar-refractivity contribution in [3.05, 3.63) is 29.8 Å². The van der Waals surface area contributed by atoms with Gasteiger partial charge in [0, 0.05) is 31.4 Å². The third kappa shape index (κ3) is 4.37. The quantitative estimate of drug-likeness (QED) is 0.843. The maximum absolute atomic E-state index is 13.0. The molecular weight excluding hydrogens is 354 g/mol. The number of piperidine rings is 1. The minimum absolute atomic E-state index is 0. The molecule has 0 aliphatic carbocycles. The minimum atomic E-state index is -0.791. The average Bonchev–Trinajstić information content (AvgIpc) is 3.04. The highest BCUT2D eigenvalue weighted by Gasteiger charge is 2.33. The summed E-state index contributed by atoms with van der Waals surface area (Å²) < 4.78 is 0. The van der Waals surface area contributed by atoms with E-state index in [0.29, 0.717) is 0 Å². The first-order chi connectivity index (χ1) is 12.0. The predicted molar refractivity (Wildman–Crippen MR) is 104 cm³/mol. The van der Waals surface area contributed by atoms with Crippen LogP contribution in [0.5, 0.6) is 0 Å². The van der Waals surface area contributed by atoms with Crippen molar-refractivity contribution in [2.24, 2.45) is 0 Å². The lowest BCUT2D eigenvalue weighted by Crippen LogP contribution is -2.52. The van der Waals surface area contributed by atoms with Gasteiger partial charge in [-0.15, -0.1) is 12.4 Å². The first-order valence-electron chi connectivity index (χ1n) is 9.02. The van der Waals surface area contributed by atoms with Gasteiger partial charge < -0.3 is 10.0 Å². The highest BCUT2D eigenvalue weighted by molar-refractivity contribution is 5.98. The molecule has 0 aromatic heterocycles. The number of aliphatic carboxylic acids is 1. The molecule has 1 aromatic carbocycles. The maximum atomic E-state index is 13.0. The van der Waals surface area contributed by atoms with Crippen molar-refractivity contribution in [2.75, 3.05) is 38.1 Å². The summed E-state index contributed by atoms with van der Waals surface area (Å²) in [6, 6.07) is 8.27. The van der Waals surface area contributed by atoms with Crippen LogP contribution < -0.4 is 4.90 Å². The zero-order chi connectivity index (χ0) is 18.0. The summed E-state index contributed by atoms with van der Waals surface area (Å²) in [5.74, 6) is -0.622. The molecule has 1 N–H and O–H groups in total. The second-order valence-corrected chi connectivity index (χ2v) is 7.12. The molecule has 26 heavy (non-hydrogen) atoms. The van der Waals surface area contributed by atoms with Gasteiger partial charge in [-0.1, -0.05) is 18.2 Å². The van der Waals surface area contributed by atoms with Gasteiger partial charge in [-0.05, 0) is 44.9 Å². The highest BCUT2D eigenvalue weighted by atomic mass is 35.5. The Hall–Kier alpha value is -1.63. The number of nitrogens with zero attached hydrogens (tertiary/aromatic N) is 3. The highest BCUT2D eigenvalue weighted by Crippen LogP contribution is 2.29. The van der Waals surface area contributed by atoms with Gasteiger partial charge in [0.15, 0.2) is 0 Å². The van der Waals surface area contributed by atoms with E-state index in [2.05, 4.69) is 11.0 Å². The molecule has 0 saturated carbocycles. The Morgan fingerprint density at radius 2 is 1.88 bits per heavy atom. The van der Waals surface area contributed by atoms with E-state index in [1.807, 2.05) is 42.0 Å². The summed E-state index contributed by atoms with van der Waals surface area (Å²) in [4.78, 5) is 29.9. The van der Waals surface area contributed by atoms with Gasteiger partial charge >= 0.3 is 5.97 Å². The minimum Gasteiger partial charge on any atom is -0.480 e. The molecule has 0 spiro atoms. The van der Waals surface area contributed by atoms with Gasteiger partial charge in [0.25, 0.3) is 0 Å². The van der Waals surface area contributed by atoms with E-state index in [-0.39, 0.29) is 36.9 Å². The number of benzene rings is 1. The fourth-order valence-electron chi connectivity index (χ4n) is 4.01. The van der Waals surface area contributed by atoms with Gasteiger partial charge in [0.2, 0.25) is 5.91 Å². The van der Waals surface area contributed by atoms with Crippen molar-refractivity contribution < 1.29 is 14.7 Å². The van der Waals surface area contributed by atoms with Gasteiger partial charge in [0.05, 0.1) is 12.6 Å². The Morgan fingerprint density at radius 1 is 1.23 bits per heavy atom. The van der Waals surface area contributed by atoms with Crippen molar-refractivity contribution in [1.29, 1.82) is 0 Å². The zero-order valence-corrected chi connectivity index (χ0v) is 16.2. The third-order valence-electron chi connectivity index (χ3n) is 5.57. The lowest BCUT2D eigenvalue weighted by atomic mass is 10.0. The lowest BCUT2D eigenvalue weighted by Gasteiger charge is -2.39. The van der Waals surface area contributed by atoms with Crippen molar-refractivity contribution in [3.63, 3.8) is 0 Å². The smallest absolute Gasteiger partial charge is 0.317 e. The second-order valence-electron chi connectivity index (χ2n) is 7.12. The fourth-order valence-corrected chi connectivity index (χ4v) is 4.01. The number of carbonyl (C=O) groups is 2.